The van der Waals surface area contributed by atoms with Crippen LogP contribution in [0.3, 0.4) is 0 Å². The van der Waals surface area contributed by atoms with E-state index in [-0.39, 0.29) is 12.4 Å². The van der Waals surface area contributed by atoms with Crippen LogP contribution in [0.4, 0.5) is 11.4 Å². The number of para-hydroxylation sites is 2. The number of carbonyl (C=O) groups excluding carboxylic acids is 1. The van der Waals surface area contributed by atoms with Gasteiger partial charge < -0.3 is 15.0 Å². The Balaban J connectivity index is 2.03. The molecule has 0 unspecified atom stereocenters. The summed E-state index contributed by atoms with van der Waals surface area (Å²) in [6.45, 7) is 2.01. The van der Waals surface area contributed by atoms with E-state index in [4.69, 9.17) is 4.74 Å². The van der Waals surface area contributed by atoms with E-state index in [1.54, 1.807) is 0 Å². The van der Waals surface area contributed by atoms with Gasteiger partial charge in [-0.15, -0.1) is 0 Å². The van der Waals surface area contributed by atoms with Crippen molar-refractivity contribution in [2.24, 2.45) is 0 Å². The molecule has 0 radical (unpaired) electrons. The van der Waals surface area contributed by atoms with Gasteiger partial charge in [0.1, 0.15) is 5.75 Å². The Labute approximate surface area is 137 Å². The smallest absolute Gasteiger partial charge is 0.239 e. The molecule has 1 heterocycles. The number of hydrogen-bond acceptors (Lipinski definition) is 5. The molecule has 1 fully saturated rings. The van der Waals surface area contributed by atoms with Crippen LogP contribution in [0.5, 0.6) is 0 Å². The first-order valence-corrected chi connectivity index (χ1v) is 9.67. The normalized spacial score (nSPS) is 15.4. The maximum atomic E-state index is 12.1. The zero-order valence-corrected chi connectivity index (χ0v) is 14.3. The largest absolute Gasteiger partial charge is 0.384 e. The van der Waals surface area contributed by atoms with Crippen molar-refractivity contribution < 1.29 is 17.9 Å². The molecular weight excluding hydrogens is 316 g/mol. The molecule has 23 heavy (non-hydrogen) atoms. The molecule has 0 atom stereocenters. The van der Waals surface area contributed by atoms with Crippen molar-refractivity contribution in [2.45, 2.75) is 19.3 Å². The minimum absolute atomic E-state index is 0.0972. The summed E-state index contributed by atoms with van der Waals surface area (Å²) < 4.78 is 28.4. The van der Waals surface area contributed by atoms with Crippen molar-refractivity contribution in [1.29, 1.82) is 0 Å². The van der Waals surface area contributed by atoms with Crippen LogP contribution in [-0.2, 0) is 19.4 Å². The van der Waals surface area contributed by atoms with Crippen molar-refractivity contribution in [3.63, 3.8) is 0 Å². The Bertz CT molecular complexity index is 625. The molecule has 0 aromatic heterocycles. The van der Waals surface area contributed by atoms with Gasteiger partial charge in [0.15, 0.2) is 9.84 Å². The first kappa shape index (κ1) is 17.7. The highest BCUT2D eigenvalue weighted by atomic mass is 32.2. The number of sulfone groups is 1. The molecule has 0 bridgehead atoms. The van der Waals surface area contributed by atoms with E-state index in [0.29, 0.717) is 5.69 Å². The van der Waals surface area contributed by atoms with E-state index in [9.17, 15) is 13.2 Å². The number of amides is 1. The molecule has 0 saturated carbocycles. The lowest BCUT2D eigenvalue weighted by Crippen LogP contribution is -2.31. The predicted octanol–water partition coefficient (Wildman–Crippen LogP) is 1.68. The minimum atomic E-state index is -3.45. The number of anilines is 2. The number of nitrogens with zero attached hydrogens (tertiary/aromatic N) is 1. The lowest BCUT2D eigenvalue weighted by Gasteiger charge is -2.30. The molecule has 2 rings (SSSR count). The van der Waals surface area contributed by atoms with Crippen molar-refractivity contribution in [3.05, 3.63) is 24.3 Å². The number of rotatable bonds is 7. The van der Waals surface area contributed by atoms with Crippen LogP contribution in [0.2, 0.25) is 0 Å². The maximum absolute atomic E-state index is 12.1. The molecule has 1 amide bonds. The third-order valence-electron chi connectivity index (χ3n) is 3.82. The Morgan fingerprint density at radius 1 is 1.22 bits per heavy atom. The average Bonchev–Trinajstić information content (AvgIpc) is 2.54. The molecule has 1 aliphatic heterocycles. The first-order chi connectivity index (χ1) is 11.0. The van der Waals surface area contributed by atoms with Crippen molar-refractivity contribution in [1.82, 2.24) is 0 Å². The van der Waals surface area contributed by atoms with Gasteiger partial charge in [-0.2, -0.15) is 0 Å². The summed E-state index contributed by atoms with van der Waals surface area (Å²) in [4.78, 5) is 14.3. The zero-order valence-electron chi connectivity index (χ0n) is 13.5. The number of hydrogen-bond donors (Lipinski definition) is 1. The van der Waals surface area contributed by atoms with E-state index in [1.807, 2.05) is 24.3 Å². The second-order valence-corrected chi connectivity index (χ2v) is 7.88. The van der Waals surface area contributed by atoms with Crippen LogP contribution in [-0.4, -0.2) is 52.6 Å². The van der Waals surface area contributed by atoms with Crippen LogP contribution in [0.25, 0.3) is 0 Å². The maximum Gasteiger partial charge on any atom is 0.239 e. The Hall–Kier alpha value is -1.60. The molecule has 6 nitrogen and oxygen atoms in total. The fourth-order valence-corrected chi connectivity index (χ4v) is 3.69. The number of carbonyl (C=O) groups is 1. The van der Waals surface area contributed by atoms with Gasteiger partial charge >= 0.3 is 0 Å². The fourth-order valence-electron chi connectivity index (χ4n) is 2.66. The number of nitrogens with one attached hydrogen (secondary N) is 1. The molecule has 1 N–H and O–H groups in total. The van der Waals surface area contributed by atoms with Crippen molar-refractivity contribution in [2.75, 3.05) is 48.5 Å². The lowest BCUT2D eigenvalue weighted by molar-refractivity contribution is -0.113. The molecule has 128 valence electrons. The highest BCUT2D eigenvalue weighted by Crippen LogP contribution is 2.28. The summed E-state index contributed by atoms with van der Waals surface area (Å²) in [6.07, 6.45) is 3.49. The topological polar surface area (TPSA) is 75.7 Å². The Morgan fingerprint density at radius 2 is 1.91 bits per heavy atom. The quantitative estimate of drug-likeness (QED) is 0.817. The first-order valence-electron chi connectivity index (χ1n) is 7.85. The summed E-state index contributed by atoms with van der Waals surface area (Å²) in [5.41, 5.74) is 1.62. The summed E-state index contributed by atoms with van der Waals surface area (Å²) in [7, 11) is -2.02. The molecule has 0 aliphatic carbocycles. The molecule has 1 aromatic carbocycles. The Morgan fingerprint density at radius 3 is 2.61 bits per heavy atom. The molecule has 1 aliphatic rings. The highest BCUT2D eigenvalue weighted by molar-refractivity contribution is 7.92. The predicted molar refractivity (Wildman–Crippen MR) is 91.7 cm³/mol. The van der Waals surface area contributed by atoms with Gasteiger partial charge in [-0.1, -0.05) is 12.1 Å². The number of methoxy groups -OCH3 is 1. The Kier molecular flexibility index (Phi) is 6.41. The zero-order chi connectivity index (χ0) is 16.7. The third kappa shape index (κ3) is 5.51. The highest BCUT2D eigenvalue weighted by Gasteiger charge is 2.19. The molecule has 1 saturated heterocycles. The van der Waals surface area contributed by atoms with Gasteiger partial charge in [-0.25, -0.2) is 8.42 Å². The van der Waals surface area contributed by atoms with Crippen LogP contribution in [0.1, 0.15) is 19.3 Å². The summed E-state index contributed by atoms with van der Waals surface area (Å²) in [5, 5.41) is 2.74. The van der Waals surface area contributed by atoms with Crippen molar-refractivity contribution >= 4 is 27.1 Å². The van der Waals surface area contributed by atoms with E-state index in [0.717, 1.165) is 31.6 Å². The van der Waals surface area contributed by atoms with Gasteiger partial charge in [0.05, 0.1) is 23.7 Å². The monoisotopic (exact) mass is 340 g/mol. The molecule has 0 spiro atoms. The van der Waals surface area contributed by atoms with E-state index >= 15 is 0 Å². The second-order valence-electron chi connectivity index (χ2n) is 5.70. The van der Waals surface area contributed by atoms with Crippen LogP contribution in [0, 0.1) is 0 Å². The van der Waals surface area contributed by atoms with Gasteiger partial charge in [0, 0.05) is 20.2 Å². The summed E-state index contributed by atoms with van der Waals surface area (Å²) in [6, 6.07) is 7.53. The lowest BCUT2D eigenvalue weighted by atomic mass is 10.1. The molecule has 7 heteroatoms. The van der Waals surface area contributed by atoms with Gasteiger partial charge in [-0.3, -0.25) is 4.79 Å². The molecular formula is C16H24N2O4S. The SMILES string of the molecule is COCCS(=O)(=O)CC(=O)Nc1ccccc1N1CCCCC1. The van der Waals surface area contributed by atoms with Gasteiger partial charge in [0.25, 0.3) is 0 Å². The fraction of sp³-hybridized carbons (Fsp3) is 0.562. The number of ether oxygens (including phenoxy) is 1. The minimum Gasteiger partial charge on any atom is -0.384 e. The van der Waals surface area contributed by atoms with Crippen molar-refractivity contribution in [3.8, 4) is 0 Å². The average molecular weight is 340 g/mol. The van der Waals surface area contributed by atoms with E-state index in [2.05, 4.69) is 10.2 Å². The summed E-state index contributed by atoms with van der Waals surface area (Å²) in [5.74, 6) is -1.18. The van der Waals surface area contributed by atoms with E-state index in [1.165, 1.54) is 13.5 Å². The second kappa shape index (κ2) is 8.31. The summed E-state index contributed by atoms with van der Waals surface area (Å²) >= 11 is 0. The van der Waals surface area contributed by atoms with Crippen LogP contribution >= 0.6 is 0 Å². The number of benzene rings is 1. The van der Waals surface area contributed by atoms with Gasteiger partial charge in [-0.05, 0) is 31.4 Å². The third-order valence-corrected chi connectivity index (χ3v) is 5.32. The van der Waals surface area contributed by atoms with Crippen LogP contribution < -0.4 is 10.2 Å². The van der Waals surface area contributed by atoms with E-state index < -0.39 is 21.5 Å². The molecule has 1 aromatic rings. The number of piperidine rings is 1. The van der Waals surface area contributed by atoms with Gasteiger partial charge in [0.2, 0.25) is 5.91 Å². The standard InChI is InChI=1S/C16H24N2O4S/c1-22-11-12-23(20,21)13-16(19)17-14-7-3-4-8-15(14)18-9-5-2-6-10-18/h3-4,7-8H,2,5-6,9-13H2,1H3,(H,17,19). The van der Waals surface area contributed by atoms with Crippen LogP contribution in [0.15, 0.2) is 24.3 Å².